The second-order valence-corrected chi connectivity index (χ2v) is 6.02. The van der Waals surface area contributed by atoms with Crippen LogP contribution in [0.3, 0.4) is 0 Å². The molecule has 0 aromatic heterocycles. The molecule has 1 aliphatic rings. The summed E-state index contributed by atoms with van der Waals surface area (Å²) in [4.78, 5) is 2.34. The molecule has 3 nitrogen and oxygen atoms in total. The van der Waals surface area contributed by atoms with E-state index in [1.54, 1.807) is 0 Å². The van der Waals surface area contributed by atoms with Gasteiger partial charge in [0.05, 0.1) is 25.9 Å². The highest BCUT2D eigenvalue weighted by molar-refractivity contribution is 7.80. The Morgan fingerprint density at radius 1 is 1.50 bits per heavy atom. The van der Waals surface area contributed by atoms with Crippen LogP contribution in [0.5, 0.6) is 0 Å². The molecule has 1 N–H and O–H groups in total. The number of nitrogens with zero attached hydrogens (tertiary/aromatic N) is 1. The van der Waals surface area contributed by atoms with E-state index in [1.807, 2.05) is 0 Å². The Morgan fingerprint density at radius 2 is 2.19 bits per heavy atom. The van der Waals surface area contributed by atoms with E-state index in [0.29, 0.717) is 12.5 Å². The molecule has 0 amide bonds. The minimum Gasteiger partial charge on any atom is -0.395 e. The molecule has 2 unspecified atom stereocenters. The van der Waals surface area contributed by atoms with Crippen molar-refractivity contribution in [2.24, 2.45) is 11.3 Å². The van der Waals surface area contributed by atoms with E-state index < -0.39 is 0 Å². The third kappa shape index (κ3) is 3.91. The quantitative estimate of drug-likeness (QED) is 0.734. The van der Waals surface area contributed by atoms with E-state index in [0.717, 1.165) is 25.4 Å². The summed E-state index contributed by atoms with van der Waals surface area (Å²) in [5, 5.41) is 9.31. The molecule has 0 radical (unpaired) electrons. The van der Waals surface area contributed by atoms with Crippen LogP contribution in [0.25, 0.3) is 0 Å². The SMILES string of the molecule is CC(C)(C)C(CS)CN1CCOCC1CO. The Hall–Kier alpha value is 0.230. The lowest BCUT2D eigenvalue weighted by atomic mass is 9.81. The number of hydrogen-bond acceptors (Lipinski definition) is 4. The average molecular weight is 247 g/mol. The molecule has 1 fully saturated rings. The van der Waals surface area contributed by atoms with E-state index in [-0.39, 0.29) is 18.1 Å². The van der Waals surface area contributed by atoms with Crippen LogP contribution in [0.15, 0.2) is 0 Å². The molecule has 1 aliphatic heterocycles. The molecule has 4 heteroatoms. The fourth-order valence-electron chi connectivity index (χ4n) is 1.99. The maximum atomic E-state index is 9.31. The third-order valence-corrected chi connectivity index (χ3v) is 3.90. The van der Waals surface area contributed by atoms with Crippen LogP contribution >= 0.6 is 12.6 Å². The van der Waals surface area contributed by atoms with Crippen molar-refractivity contribution in [1.29, 1.82) is 0 Å². The standard InChI is InChI=1S/C12H25NO2S/c1-12(2,3)10(9-16)6-13-4-5-15-8-11(13)7-14/h10-11,14,16H,4-9H2,1-3H3. The summed E-state index contributed by atoms with van der Waals surface area (Å²) in [6, 6.07) is 0.165. The molecule has 1 saturated heterocycles. The summed E-state index contributed by atoms with van der Waals surface area (Å²) in [6.07, 6.45) is 0. The molecule has 0 aromatic carbocycles. The molecule has 16 heavy (non-hydrogen) atoms. The van der Waals surface area contributed by atoms with Crippen molar-refractivity contribution < 1.29 is 9.84 Å². The topological polar surface area (TPSA) is 32.7 Å². The van der Waals surface area contributed by atoms with Crippen molar-refractivity contribution >= 4 is 12.6 Å². The summed E-state index contributed by atoms with van der Waals surface area (Å²) in [6.45, 7) is 10.3. The van der Waals surface area contributed by atoms with Gasteiger partial charge in [-0.1, -0.05) is 20.8 Å². The molecular formula is C12H25NO2S. The minimum atomic E-state index is 0.165. The van der Waals surface area contributed by atoms with Crippen LogP contribution in [0, 0.1) is 11.3 Å². The zero-order chi connectivity index (χ0) is 12.2. The average Bonchev–Trinajstić information content (AvgIpc) is 2.24. The summed E-state index contributed by atoms with van der Waals surface area (Å²) >= 11 is 4.45. The predicted octanol–water partition coefficient (Wildman–Crippen LogP) is 1.27. The van der Waals surface area contributed by atoms with Gasteiger partial charge in [-0.2, -0.15) is 12.6 Å². The molecule has 1 heterocycles. The first-order chi connectivity index (χ1) is 7.49. The third-order valence-electron chi connectivity index (χ3n) is 3.46. The maximum absolute atomic E-state index is 9.31. The lowest BCUT2D eigenvalue weighted by Gasteiger charge is -2.40. The van der Waals surface area contributed by atoms with Crippen LogP contribution in [0.4, 0.5) is 0 Å². The van der Waals surface area contributed by atoms with E-state index in [4.69, 9.17) is 4.74 Å². The molecule has 0 saturated carbocycles. The van der Waals surface area contributed by atoms with Gasteiger partial charge in [-0.15, -0.1) is 0 Å². The predicted molar refractivity (Wildman–Crippen MR) is 70.1 cm³/mol. The van der Waals surface area contributed by atoms with Gasteiger partial charge >= 0.3 is 0 Å². The largest absolute Gasteiger partial charge is 0.395 e. The summed E-state index contributed by atoms with van der Waals surface area (Å²) in [5.41, 5.74) is 0.264. The van der Waals surface area contributed by atoms with Crippen molar-refractivity contribution in [2.45, 2.75) is 26.8 Å². The number of morpholine rings is 1. The van der Waals surface area contributed by atoms with Crippen LogP contribution in [0.2, 0.25) is 0 Å². The molecule has 0 spiro atoms. The molecule has 0 aliphatic carbocycles. The molecule has 96 valence electrons. The lowest BCUT2D eigenvalue weighted by molar-refractivity contribution is -0.0383. The van der Waals surface area contributed by atoms with Crippen LogP contribution in [0.1, 0.15) is 20.8 Å². The summed E-state index contributed by atoms with van der Waals surface area (Å²) < 4.78 is 5.38. The van der Waals surface area contributed by atoms with Gasteiger partial charge in [-0.05, 0) is 17.1 Å². The Labute approximate surface area is 105 Å². The van der Waals surface area contributed by atoms with Gasteiger partial charge in [0.2, 0.25) is 0 Å². The second-order valence-electron chi connectivity index (χ2n) is 5.65. The minimum absolute atomic E-state index is 0.165. The monoisotopic (exact) mass is 247 g/mol. The first-order valence-corrected chi connectivity index (χ1v) is 6.65. The Balaban J connectivity index is 2.55. The summed E-state index contributed by atoms with van der Waals surface area (Å²) in [5.74, 6) is 1.43. The van der Waals surface area contributed by atoms with E-state index in [2.05, 4.69) is 38.3 Å². The maximum Gasteiger partial charge on any atom is 0.0644 e. The molecule has 2 atom stereocenters. The zero-order valence-corrected chi connectivity index (χ0v) is 11.5. The number of aliphatic hydroxyl groups excluding tert-OH is 1. The highest BCUT2D eigenvalue weighted by Gasteiger charge is 2.29. The fourth-order valence-corrected chi connectivity index (χ4v) is 2.65. The van der Waals surface area contributed by atoms with Gasteiger partial charge in [0.1, 0.15) is 0 Å². The number of hydrogen-bond donors (Lipinski definition) is 2. The highest BCUT2D eigenvalue weighted by Crippen LogP contribution is 2.28. The van der Waals surface area contributed by atoms with Crippen molar-refractivity contribution in [2.75, 3.05) is 38.7 Å². The number of rotatable bonds is 4. The smallest absolute Gasteiger partial charge is 0.0644 e. The second kappa shape index (κ2) is 6.24. The first-order valence-electron chi connectivity index (χ1n) is 6.02. The first kappa shape index (κ1) is 14.3. The molecule has 1 rings (SSSR count). The van der Waals surface area contributed by atoms with E-state index in [9.17, 15) is 5.11 Å². The van der Waals surface area contributed by atoms with Crippen molar-refractivity contribution in [3.63, 3.8) is 0 Å². The Bertz CT molecular complexity index is 206. The van der Waals surface area contributed by atoms with Gasteiger partial charge in [0.15, 0.2) is 0 Å². The summed E-state index contributed by atoms with van der Waals surface area (Å²) in [7, 11) is 0. The highest BCUT2D eigenvalue weighted by atomic mass is 32.1. The fraction of sp³-hybridized carbons (Fsp3) is 1.00. The lowest BCUT2D eigenvalue weighted by Crippen LogP contribution is -2.50. The number of thiol groups is 1. The van der Waals surface area contributed by atoms with Gasteiger partial charge in [0.25, 0.3) is 0 Å². The van der Waals surface area contributed by atoms with Crippen LogP contribution in [-0.2, 0) is 4.74 Å². The van der Waals surface area contributed by atoms with Crippen molar-refractivity contribution in [3.05, 3.63) is 0 Å². The van der Waals surface area contributed by atoms with Gasteiger partial charge in [0, 0.05) is 13.1 Å². The number of aliphatic hydroxyl groups is 1. The van der Waals surface area contributed by atoms with Gasteiger partial charge < -0.3 is 9.84 Å². The zero-order valence-electron chi connectivity index (χ0n) is 10.6. The number of ether oxygens (including phenoxy) is 1. The van der Waals surface area contributed by atoms with E-state index in [1.165, 1.54) is 0 Å². The molecule has 0 aromatic rings. The van der Waals surface area contributed by atoms with Crippen molar-refractivity contribution in [3.8, 4) is 0 Å². The normalized spacial score (nSPS) is 25.7. The molecular weight excluding hydrogens is 222 g/mol. The molecule has 0 bridgehead atoms. The Morgan fingerprint density at radius 3 is 2.69 bits per heavy atom. The Kier molecular flexibility index (Phi) is 5.57. The van der Waals surface area contributed by atoms with E-state index >= 15 is 0 Å². The van der Waals surface area contributed by atoms with Gasteiger partial charge in [-0.25, -0.2) is 0 Å². The van der Waals surface area contributed by atoms with Crippen molar-refractivity contribution in [1.82, 2.24) is 4.90 Å². The van der Waals surface area contributed by atoms with Crippen LogP contribution < -0.4 is 0 Å². The van der Waals surface area contributed by atoms with Gasteiger partial charge in [-0.3, -0.25) is 4.90 Å². The van der Waals surface area contributed by atoms with Crippen LogP contribution in [-0.4, -0.2) is 54.7 Å².